The van der Waals surface area contributed by atoms with Gasteiger partial charge in [-0.25, -0.2) is 0 Å². The van der Waals surface area contributed by atoms with Crippen molar-refractivity contribution in [2.75, 3.05) is 6.54 Å². The molecule has 0 spiro atoms. The second-order valence-electron chi connectivity index (χ2n) is 8.19. The Balaban J connectivity index is 1.97. The van der Waals surface area contributed by atoms with Gasteiger partial charge in [0.2, 0.25) is 5.91 Å². The number of imide groups is 1. The number of allylic oxidation sites excluding steroid dienone is 2. The summed E-state index contributed by atoms with van der Waals surface area (Å²) in [7, 11) is 0. The maximum atomic E-state index is 12.5. The second kappa shape index (κ2) is 8.30. The first kappa shape index (κ1) is 20.3. The molecule has 0 bridgehead atoms. The predicted octanol–water partition coefficient (Wildman–Crippen LogP) is 3.15. The minimum Gasteiger partial charge on any atom is -0.458 e. The van der Waals surface area contributed by atoms with Crippen molar-refractivity contribution in [1.29, 1.82) is 5.26 Å². The Morgan fingerprint density at radius 3 is 2.71 bits per heavy atom. The summed E-state index contributed by atoms with van der Waals surface area (Å²) in [6.07, 6.45) is 7.06. The molecule has 0 N–H and O–H groups in total. The third-order valence-corrected chi connectivity index (χ3v) is 6.60. The molecule has 6 heteroatoms. The summed E-state index contributed by atoms with van der Waals surface area (Å²) >= 11 is 0. The van der Waals surface area contributed by atoms with Crippen LogP contribution in [-0.2, 0) is 19.1 Å². The van der Waals surface area contributed by atoms with Gasteiger partial charge in [0.1, 0.15) is 6.10 Å². The molecular weight excluding hydrogens is 356 g/mol. The summed E-state index contributed by atoms with van der Waals surface area (Å²) in [5.41, 5.74) is 2.25. The number of carbonyl (C=O) groups excluding carboxylic acids is 3. The first-order chi connectivity index (χ1) is 13.3. The molecule has 3 aliphatic rings. The number of amides is 2. The molecule has 0 aromatic carbocycles. The van der Waals surface area contributed by atoms with Gasteiger partial charge in [0.05, 0.1) is 6.07 Å². The number of fused-ring (bicyclic) bond motifs is 3. The fourth-order valence-corrected chi connectivity index (χ4v) is 5.48. The quantitative estimate of drug-likeness (QED) is 0.551. The van der Waals surface area contributed by atoms with Crippen LogP contribution in [0.3, 0.4) is 0 Å². The van der Waals surface area contributed by atoms with Crippen LogP contribution in [0.15, 0.2) is 23.3 Å². The average molecular weight is 384 g/mol. The maximum absolute atomic E-state index is 12.5. The lowest BCUT2D eigenvalue weighted by Crippen LogP contribution is -2.46. The molecule has 3 rings (SSSR count). The Labute approximate surface area is 166 Å². The van der Waals surface area contributed by atoms with Crippen molar-refractivity contribution in [3.8, 4) is 6.07 Å². The van der Waals surface area contributed by atoms with Crippen LogP contribution in [0.1, 0.15) is 52.9 Å². The van der Waals surface area contributed by atoms with Crippen molar-refractivity contribution in [3.05, 3.63) is 23.3 Å². The zero-order valence-electron chi connectivity index (χ0n) is 16.8. The monoisotopic (exact) mass is 384 g/mol. The van der Waals surface area contributed by atoms with Gasteiger partial charge in [-0.2, -0.15) is 5.26 Å². The van der Waals surface area contributed by atoms with E-state index < -0.39 is 0 Å². The largest absolute Gasteiger partial charge is 0.458 e. The van der Waals surface area contributed by atoms with Crippen LogP contribution < -0.4 is 0 Å². The minimum absolute atomic E-state index is 0.0796. The van der Waals surface area contributed by atoms with E-state index >= 15 is 0 Å². The number of carbonyl (C=O) groups is 3. The SMILES string of the molecule is CC(=O)O[C@@H]1C=C(C)[C@@H](CCC#N)C2CCC3=CC(=O)N(C(C)=O)CCC3C21. The van der Waals surface area contributed by atoms with Gasteiger partial charge in [-0.1, -0.05) is 11.1 Å². The summed E-state index contributed by atoms with van der Waals surface area (Å²) in [4.78, 5) is 37.4. The van der Waals surface area contributed by atoms with Crippen LogP contribution in [0, 0.1) is 35.0 Å². The van der Waals surface area contributed by atoms with Gasteiger partial charge in [0.25, 0.3) is 5.91 Å². The first-order valence-corrected chi connectivity index (χ1v) is 10.1. The Morgan fingerprint density at radius 2 is 2.07 bits per heavy atom. The zero-order valence-corrected chi connectivity index (χ0v) is 16.8. The number of rotatable bonds is 3. The number of esters is 1. The molecular formula is C22H28N2O4. The summed E-state index contributed by atoms with van der Waals surface area (Å²) in [6, 6.07) is 2.25. The maximum Gasteiger partial charge on any atom is 0.303 e. The summed E-state index contributed by atoms with van der Waals surface area (Å²) < 4.78 is 5.70. The molecule has 1 saturated carbocycles. The van der Waals surface area contributed by atoms with Crippen molar-refractivity contribution >= 4 is 17.8 Å². The van der Waals surface area contributed by atoms with E-state index in [9.17, 15) is 14.4 Å². The minimum atomic E-state index is -0.325. The molecule has 1 heterocycles. The highest BCUT2D eigenvalue weighted by molar-refractivity contribution is 6.00. The molecule has 2 aliphatic carbocycles. The topological polar surface area (TPSA) is 87.5 Å². The van der Waals surface area contributed by atoms with Gasteiger partial charge in [0.15, 0.2) is 0 Å². The van der Waals surface area contributed by atoms with Crippen LogP contribution in [0.4, 0.5) is 0 Å². The van der Waals surface area contributed by atoms with Crippen molar-refractivity contribution in [3.63, 3.8) is 0 Å². The molecule has 2 amide bonds. The normalized spacial score (nSPS) is 32.1. The number of hydrogen-bond acceptors (Lipinski definition) is 5. The standard InChI is InChI=1S/C22H28N2O4/c1-13-11-20(28-15(3)26)22-18-8-10-24(14(2)25)21(27)12-16(18)6-7-19(22)17(13)5-4-9-23/h11-12,17-20,22H,4-8,10H2,1-3H3/t17-,18?,19?,20-,22?/m1/s1. The average Bonchev–Trinajstić information content (AvgIpc) is 2.78. The fourth-order valence-electron chi connectivity index (χ4n) is 5.48. The Bertz CT molecular complexity index is 776. The van der Waals surface area contributed by atoms with Gasteiger partial charge in [-0.15, -0.1) is 0 Å². The van der Waals surface area contributed by atoms with E-state index in [0.29, 0.717) is 31.2 Å². The third kappa shape index (κ3) is 3.89. The van der Waals surface area contributed by atoms with E-state index in [1.54, 1.807) is 6.08 Å². The summed E-state index contributed by atoms with van der Waals surface area (Å²) in [5.74, 6) is -0.00334. The van der Waals surface area contributed by atoms with Crippen LogP contribution >= 0.6 is 0 Å². The zero-order chi connectivity index (χ0) is 20.4. The van der Waals surface area contributed by atoms with Crippen molar-refractivity contribution in [2.45, 2.75) is 59.0 Å². The van der Waals surface area contributed by atoms with Crippen molar-refractivity contribution in [1.82, 2.24) is 4.90 Å². The highest BCUT2D eigenvalue weighted by Gasteiger charge is 2.48. The van der Waals surface area contributed by atoms with Crippen LogP contribution in [-0.4, -0.2) is 35.3 Å². The highest BCUT2D eigenvalue weighted by atomic mass is 16.5. The smallest absolute Gasteiger partial charge is 0.303 e. The lowest BCUT2D eigenvalue weighted by molar-refractivity contribution is -0.150. The van der Waals surface area contributed by atoms with E-state index in [2.05, 4.69) is 13.0 Å². The predicted molar refractivity (Wildman–Crippen MR) is 102 cm³/mol. The number of hydrogen-bond donors (Lipinski definition) is 0. The van der Waals surface area contributed by atoms with Gasteiger partial charge in [-0.05, 0) is 56.4 Å². The highest BCUT2D eigenvalue weighted by Crippen LogP contribution is 2.52. The molecule has 0 aromatic rings. The molecule has 28 heavy (non-hydrogen) atoms. The van der Waals surface area contributed by atoms with E-state index in [1.807, 2.05) is 6.08 Å². The first-order valence-electron chi connectivity index (χ1n) is 10.1. The molecule has 6 nitrogen and oxygen atoms in total. The third-order valence-electron chi connectivity index (χ3n) is 6.60. The molecule has 1 fully saturated rings. The van der Waals surface area contributed by atoms with Crippen molar-refractivity contribution in [2.24, 2.45) is 23.7 Å². The van der Waals surface area contributed by atoms with Gasteiger partial charge < -0.3 is 4.74 Å². The van der Waals surface area contributed by atoms with Gasteiger partial charge in [-0.3, -0.25) is 19.3 Å². The van der Waals surface area contributed by atoms with E-state index in [4.69, 9.17) is 10.00 Å². The Hall–Kier alpha value is -2.42. The molecule has 3 unspecified atom stereocenters. The molecule has 0 aromatic heterocycles. The van der Waals surface area contributed by atoms with Crippen molar-refractivity contribution < 1.29 is 19.1 Å². The van der Waals surface area contributed by atoms with E-state index in [1.165, 1.54) is 24.3 Å². The molecule has 150 valence electrons. The number of nitrogens with zero attached hydrogens (tertiary/aromatic N) is 2. The second-order valence-corrected chi connectivity index (χ2v) is 8.19. The number of ether oxygens (including phenoxy) is 1. The summed E-state index contributed by atoms with van der Waals surface area (Å²) in [6.45, 7) is 5.29. The fraction of sp³-hybridized carbons (Fsp3) is 0.636. The summed E-state index contributed by atoms with van der Waals surface area (Å²) in [5, 5.41) is 9.06. The van der Waals surface area contributed by atoms with Crippen LogP contribution in [0.2, 0.25) is 0 Å². The molecule has 5 atom stereocenters. The van der Waals surface area contributed by atoms with Crippen LogP contribution in [0.5, 0.6) is 0 Å². The molecule has 1 aliphatic heterocycles. The molecule has 0 saturated heterocycles. The van der Waals surface area contributed by atoms with Crippen LogP contribution in [0.25, 0.3) is 0 Å². The lowest BCUT2D eigenvalue weighted by atomic mass is 9.58. The molecule has 0 radical (unpaired) electrons. The van der Waals surface area contributed by atoms with Gasteiger partial charge in [0, 0.05) is 38.8 Å². The van der Waals surface area contributed by atoms with Gasteiger partial charge >= 0.3 is 5.97 Å². The Kier molecular flexibility index (Phi) is 6.02. The Morgan fingerprint density at radius 1 is 1.32 bits per heavy atom. The number of nitriles is 1. The van der Waals surface area contributed by atoms with E-state index in [0.717, 1.165) is 24.8 Å². The lowest BCUT2D eigenvalue weighted by Gasteiger charge is -2.48. The van der Waals surface area contributed by atoms with E-state index in [-0.39, 0.29) is 35.7 Å².